The van der Waals surface area contributed by atoms with Crippen molar-refractivity contribution in [2.24, 2.45) is 0 Å². The first-order chi connectivity index (χ1) is 5.13. The summed E-state index contributed by atoms with van der Waals surface area (Å²) in [6, 6.07) is 9.26. The van der Waals surface area contributed by atoms with Crippen molar-refractivity contribution in [1.82, 2.24) is 0 Å². The summed E-state index contributed by atoms with van der Waals surface area (Å²) in [4.78, 5) is 0. The van der Waals surface area contributed by atoms with Crippen LogP contribution in [0.5, 0.6) is 5.75 Å². The summed E-state index contributed by atoms with van der Waals surface area (Å²) < 4.78 is 0. The van der Waals surface area contributed by atoms with Gasteiger partial charge < -0.3 is 20.2 Å². The standard InChI is InChI=1S/C6H5O.BH3O3.K/c7-6-4-2-1-3-5-6;2-1(3)4;/h2-5,7H;2-4H;/q-1;;+1. The molecule has 1 rings (SSSR count). The second-order valence-corrected chi connectivity index (χ2v) is 1.60. The Morgan fingerprint density at radius 2 is 1.42 bits per heavy atom. The van der Waals surface area contributed by atoms with Gasteiger partial charge in [-0.2, -0.15) is 18.2 Å². The molecule has 0 saturated heterocycles. The van der Waals surface area contributed by atoms with Gasteiger partial charge in [0.15, 0.2) is 0 Å². The van der Waals surface area contributed by atoms with Gasteiger partial charge in [-0.05, 0) is 0 Å². The van der Waals surface area contributed by atoms with Crippen molar-refractivity contribution in [3.05, 3.63) is 30.3 Å². The molecular formula is C6H8BKO4. The maximum Gasteiger partial charge on any atom is 1.00 e. The van der Waals surface area contributed by atoms with Crippen LogP contribution in [0, 0.1) is 6.07 Å². The van der Waals surface area contributed by atoms with E-state index in [1.54, 1.807) is 24.3 Å². The number of hydrogen-bond acceptors (Lipinski definition) is 4. The normalized spacial score (nSPS) is 7.25. The molecule has 0 amide bonds. The molecule has 0 radical (unpaired) electrons. The van der Waals surface area contributed by atoms with Gasteiger partial charge in [0.2, 0.25) is 0 Å². The Morgan fingerprint density at radius 3 is 1.58 bits per heavy atom. The Bertz CT molecular complexity index is 179. The van der Waals surface area contributed by atoms with E-state index < -0.39 is 7.32 Å². The minimum Gasteiger partial charge on any atom is -0.533 e. The van der Waals surface area contributed by atoms with Gasteiger partial charge in [0.1, 0.15) is 0 Å². The van der Waals surface area contributed by atoms with E-state index in [0.29, 0.717) is 5.75 Å². The van der Waals surface area contributed by atoms with Gasteiger partial charge in [0.05, 0.1) is 0 Å². The van der Waals surface area contributed by atoms with Crippen molar-refractivity contribution in [1.29, 1.82) is 0 Å². The molecule has 1 aromatic rings. The summed E-state index contributed by atoms with van der Waals surface area (Å²) >= 11 is 0. The van der Waals surface area contributed by atoms with Crippen molar-refractivity contribution in [2.75, 3.05) is 0 Å². The average Bonchev–Trinajstić information content (AvgIpc) is 1.87. The maximum absolute atomic E-state index is 8.61. The van der Waals surface area contributed by atoms with Crippen LogP contribution in [-0.2, 0) is 0 Å². The Hall–Kier alpha value is 0.601. The van der Waals surface area contributed by atoms with Gasteiger partial charge in [-0.1, -0.05) is 0 Å². The molecule has 0 heterocycles. The number of benzene rings is 1. The zero-order valence-electron chi connectivity index (χ0n) is 6.68. The van der Waals surface area contributed by atoms with E-state index in [1.165, 1.54) is 0 Å². The van der Waals surface area contributed by atoms with Crippen molar-refractivity contribution < 1.29 is 71.6 Å². The molecular weight excluding hydrogens is 186 g/mol. The molecule has 0 unspecified atom stereocenters. The topological polar surface area (TPSA) is 80.9 Å². The summed E-state index contributed by atoms with van der Waals surface area (Å²) in [7, 11) is -2.17. The van der Waals surface area contributed by atoms with E-state index in [0.717, 1.165) is 0 Å². The van der Waals surface area contributed by atoms with Gasteiger partial charge in [-0.3, -0.25) is 0 Å². The second-order valence-electron chi connectivity index (χ2n) is 1.60. The van der Waals surface area contributed by atoms with Crippen LogP contribution in [0.15, 0.2) is 24.3 Å². The van der Waals surface area contributed by atoms with E-state index in [2.05, 4.69) is 6.07 Å². The van der Waals surface area contributed by atoms with Crippen LogP contribution in [0.3, 0.4) is 0 Å². The molecule has 0 fully saturated rings. The van der Waals surface area contributed by atoms with Gasteiger partial charge in [-0.15, -0.1) is 12.1 Å². The average molecular weight is 194 g/mol. The molecule has 60 valence electrons. The third-order valence-electron chi connectivity index (χ3n) is 0.701. The Kier molecular flexibility index (Phi) is 12.2. The van der Waals surface area contributed by atoms with Gasteiger partial charge >= 0.3 is 58.7 Å². The molecule has 0 saturated carbocycles. The first-order valence-corrected chi connectivity index (χ1v) is 2.82. The molecule has 0 spiro atoms. The largest absolute Gasteiger partial charge is 1.00 e. The summed E-state index contributed by atoms with van der Waals surface area (Å²) in [6.07, 6.45) is 0. The molecule has 0 bridgehead atoms. The fourth-order valence-corrected chi connectivity index (χ4v) is 0.378. The van der Waals surface area contributed by atoms with Crippen molar-refractivity contribution >= 4 is 7.32 Å². The number of aromatic hydroxyl groups is 1. The SMILES string of the molecule is OB(O)O.Oc1cc[c-]cc1.[K+]. The fourth-order valence-electron chi connectivity index (χ4n) is 0.378. The van der Waals surface area contributed by atoms with Gasteiger partial charge in [0, 0.05) is 5.75 Å². The predicted octanol–water partition coefficient (Wildman–Crippen LogP) is -3.86. The van der Waals surface area contributed by atoms with E-state index in [-0.39, 0.29) is 51.4 Å². The van der Waals surface area contributed by atoms with Crippen molar-refractivity contribution in [3.63, 3.8) is 0 Å². The molecule has 0 aromatic heterocycles. The monoisotopic (exact) mass is 194 g/mol. The number of phenols is 1. The molecule has 6 heteroatoms. The van der Waals surface area contributed by atoms with E-state index in [9.17, 15) is 0 Å². The van der Waals surface area contributed by atoms with Crippen LogP contribution in [0.25, 0.3) is 0 Å². The Morgan fingerprint density at radius 1 is 1.08 bits per heavy atom. The smallest absolute Gasteiger partial charge is 0.533 e. The van der Waals surface area contributed by atoms with Crippen LogP contribution in [-0.4, -0.2) is 27.5 Å². The van der Waals surface area contributed by atoms with Crippen LogP contribution in [0.1, 0.15) is 0 Å². The molecule has 12 heavy (non-hydrogen) atoms. The van der Waals surface area contributed by atoms with Crippen LogP contribution in [0.4, 0.5) is 0 Å². The molecule has 0 aliphatic rings. The fraction of sp³-hybridized carbons (Fsp3) is 0. The van der Waals surface area contributed by atoms with Gasteiger partial charge in [-0.25, -0.2) is 0 Å². The Labute approximate surface area is 113 Å². The number of rotatable bonds is 0. The minimum atomic E-state index is -2.17. The predicted molar refractivity (Wildman–Crippen MR) is 39.4 cm³/mol. The van der Waals surface area contributed by atoms with E-state index in [1.807, 2.05) is 0 Å². The van der Waals surface area contributed by atoms with Crippen molar-refractivity contribution in [3.8, 4) is 5.75 Å². The van der Waals surface area contributed by atoms with E-state index in [4.69, 9.17) is 20.2 Å². The molecule has 0 aliphatic carbocycles. The number of phenolic OH excluding ortho intramolecular Hbond substituents is 1. The molecule has 0 aliphatic heterocycles. The number of hydrogen-bond donors (Lipinski definition) is 4. The van der Waals surface area contributed by atoms with Gasteiger partial charge in [0.25, 0.3) is 0 Å². The first kappa shape index (κ1) is 15.1. The Balaban J connectivity index is 0. The molecule has 4 N–H and O–H groups in total. The summed E-state index contributed by atoms with van der Waals surface area (Å²) in [5.41, 5.74) is 0. The van der Waals surface area contributed by atoms with Crippen LogP contribution >= 0.6 is 0 Å². The molecule has 4 nitrogen and oxygen atoms in total. The molecule has 1 aromatic carbocycles. The third kappa shape index (κ3) is 13.2. The maximum atomic E-state index is 8.61. The zero-order valence-corrected chi connectivity index (χ0v) is 9.80. The summed E-state index contributed by atoms with van der Waals surface area (Å²) in [6.45, 7) is 0. The summed E-state index contributed by atoms with van der Waals surface area (Å²) in [5, 5.41) is 30.1. The first-order valence-electron chi connectivity index (χ1n) is 2.82. The second kappa shape index (κ2) is 9.69. The van der Waals surface area contributed by atoms with E-state index >= 15 is 0 Å². The third-order valence-corrected chi connectivity index (χ3v) is 0.701. The van der Waals surface area contributed by atoms with Crippen LogP contribution in [0.2, 0.25) is 0 Å². The molecule has 0 atom stereocenters. The summed E-state index contributed by atoms with van der Waals surface area (Å²) in [5.74, 6) is 0.291. The van der Waals surface area contributed by atoms with Crippen molar-refractivity contribution in [2.45, 2.75) is 0 Å². The minimum absolute atomic E-state index is 0. The quantitative estimate of drug-likeness (QED) is 0.252. The van der Waals surface area contributed by atoms with Crippen LogP contribution < -0.4 is 51.4 Å². The zero-order chi connectivity index (χ0) is 8.69.